The molecule has 6 nitrogen and oxygen atoms in total. The minimum atomic E-state index is 0. The predicted octanol–water partition coefficient (Wildman–Crippen LogP) is 3.15. The Kier molecular flexibility index (Phi) is 6.89. The molecule has 0 saturated carbocycles. The van der Waals surface area contributed by atoms with Crippen LogP contribution in [0.25, 0.3) is 22.5 Å². The average Bonchev–Trinajstić information content (AvgIpc) is 2.68. The highest BCUT2D eigenvalue weighted by molar-refractivity contribution is 5.85. The maximum Gasteiger partial charge on any atom is 0.152 e. The van der Waals surface area contributed by atoms with Crippen molar-refractivity contribution in [2.75, 3.05) is 20.8 Å². The summed E-state index contributed by atoms with van der Waals surface area (Å²) in [6.45, 7) is 0.478. The highest BCUT2D eigenvalue weighted by Gasteiger charge is 2.14. The third-order valence-electron chi connectivity index (χ3n) is 3.83. The van der Waals surface area contributed by atoms with Gasteiger partial charge in [0, 0.05) is 17.5 Å². The monoisotopic (exact) mass is 372 g/mol. The quantitative estimate of drug-likeness (QED) is 0.715. The Balaban J connectivity index is 0.00000243. The number of hydrogen-bond donors (Lipinski definition) is 1. The fourth-order valence-corrected chi connectivity index (χ4v) is 2.49. The third-order valence-corrected chi connectivity index (χ3v) is 3.83. The molecule has 0 aliphatic heterocycles. The lowest BCUT2D eigenvalue weighted by molar-refractivity contribution is 0.414. The van der Waals surface area contributed by atoms with Crippen LogP contribution in [0.1, 0.15) is 5.82 Å². The first-order chi connectivity index (χ1) is 12.2. The van der Waals surface area contributed by atoms with Crippen molar-refractivity contribution in [3.63, 3.8) is 0 Å². The number of hydrogen-bond acceptors (Lipinski definition) is 6. The van der Waals surface area contributed by atoms with Crippen LogP contribution in [0, 0.1) is 0 Å². The van der Waals surface area contributed by atoms with Crippen molar-refractivity contribution in [3.05, 3.63) is 54.4 Å². The zero-order valence-electron chi connectivity index (χ0n) is 14.7. The smallest absolute Gasteiger partial charge is 0.152 e. The Morgan fingerprint density at radius 1 is 0.769 bits per heavy atom. The standard InChI is InChI=1S/C19H20N4O2.ClH/c1-24-15-7-3-13(4-8-15)18-19(23-22-17(21-18)11-12-20)14-5-9-16(25-2)10-6-14;/h3-10H,11-12,20H2,1-2H3;1H. The molecule has 0 bridgehead atoms. The number of rotatable bonds is 6. The summed E-state index contributed by atoms with van der Waals surface area (Å²) in [7, 11) is 3.28. The molecule has 136 valence electrons. The van der Waals surface area contributed by atoms with E-state index in [4.69, 9.17) is 15.2 Å². The van der Waals surface area contributed by atoms with Crippen molar-refractivity contribution in [2.24, 2.45) is 5.73 Å². The molecular weight excluding hydrogens is 352 g/mol. The van der Waals surface area contributed by atoms with E-state index in [1.165, 1.54) is 0 Å². The lowest BCUT2D eigenvalue weighted by atomic mass is 10.0. The Hall–Kier alpha value is -2.70. The summed E-state index contributed by atoms with van der Waals surface area (Å²) in [5, 5.41) is 8.61. The molecule has 1 aromatic heterocycles. The molecule has 7 heteroatoms. The summed E-state index contributed by atoms with van der Waals surface area (Å²) in [6, 6.07) is 15.4. The van der Waals surface area contributed by atoms with Crippen LogP contribution < -0.4 is 15.2 Å². The molecule has 0 aliphatic rings. The molecule has 0 amide bonds. The van der Waals surface area contributed by atoms with E-state index in [0.29, 0.717) is 24.5 Å². The van der Waals surface area contributed by atoms with Gasteiger partial charge < -0.3 is 15.2 Å². The summed E-state index contributed by atoms with van der Waals surface area (Å²) in [5.41, 5.74) is 8.98. The summed E-state index contributed by atoms with van der Waals surface area (Å²) in [4.78, 5) is 4.68. The highest BCUT2D eigenvalue weighted by atomic mass is 35.5. The molecule has 0 fully saturated rings. The second-order valence-electron chi connectivity index (χ2n) is 5.42. The van der Waals surface area contributed by atoms with Gasteiger partial charge >= 0.3 is 0 Å². The first-order valence-corrected chi connectivity index (χ1v) is 7.97. The highest BCUT2D eigenvalue weighted by Crippen LogP contribution is 2.30. The lowest BCUT2D eigenvalue weighted by Crippen LogP contribution is -2.09. The first kappa shape index (κ1) is 19.6. The summed E-state index contributed by atoms with van der Waals surface area (Å²) >= 11 is 0. The number of benzene rings is 2. The van der Waals surface area contributed by atoms with Crippen LogP contribution >= 0.6 is 12.4 Å². The van der Waals surface area contributed by atoms with Crippen LogP contribution in [0.5, 0.6) is 11.5 Å². The molecule has 1 heterocycles. The Labute approximate surface area is 158 Å². The molecule has 3 aromatic rings. The van der Waals surface area contributed by atoms with Gasteiger partial charge in [-0.2, -0.15) is 0 Å². The molecule has 2 aromatic carbocycles. The van der Waals surface area contributed by atoms with E-state index < -0.39 is 0 Å². The minimum Gasteiger partial charge on any atom is -0.497 e. The van der Waals surface area contributed by atoms with Crippen LogP contribution in [0.3, 0.4) is 0 Å². The molecule has 0 saturated heterocycles. The van der Waals surface area contributed by atoms with Crippen LogP contribution in [0.15, 0.2) is 48.5 Å². The summed E-state index contributed by atoms with van der Waals surface area (Å²) < 4.78 is 10.4. The van der Waals surface area contributed by atoms with Gasteiger partial charge in [-0.1, -0.05) is 0 Å². The lowest BCUT2D eigenvalue weighted by Gasteiger charge is -2.10. The van der Waals surface area contributed by atoms with E-state index in [1.807, 2.05) is 48.5 Å². The summed E-state index contributed by atoms with van der Waals surface area (Å²) in [5.74, 6) is 2.21. The molecule has 0 spiro atoms. The van der Waals surface area contributed by atoms with Crippen molar-refractivity contribution in [2.45, 2.75) is 6.42 Å². The van der Waals surface area contributed by atoms with Gasteiger partial charge in [0.2, 0.25) is 0 Å². The van der Waals surface area contributed by atoms with Crippen molar-refractivity contribution in [1.29, 1.82) is 0 Å². The van der Waals surface area contributed by atoms with E-state index in [-0.39, 0.29) is 12.4 Å². The van der Waals surface area contributed by atoms with Gasteiger partial charge in [-0.05, 0) is 55.1 Å². The Bertz CT molecular complexity index is 839. The van der Waals surface area contributed by atoms with Crippen LogP contribution in [-0.2, 0) is 6.42 Å². The zero-order valence-corrected chi connectivity index (χ0v) is 15.5. The molecule has 0 radical (unpaired) electrons. The van der Waals surface area contributed by atoms with Crippen molar-refractivity contribution >= 4 is 12.4 Å². The number of nitrogens with two attached hydrogens (primary N) is 1. The Morgan fingerprint density at radius 2 is 1.27 bits per heavy atom. The maximum absolute atomic E-state index is 5.63. The molecule has 3 rings (SSSR count). The maximum atomic E-state index is 5.63. The van der Waals surface area contributed by atoms with E-state index in [0.717, 1.165) is 28.3 Å². The number of halogens is 1. The second-order valence-corrected chi connectivity index (χ2v) is 5.42. The van der Waals surface area contributed by atoms with Crippen molar-refractivity contribution in [3.8, 4) is 34.0 Å². The third kappa shape index (κ3) is 4.28. The molecule has 0 aliphatic carbocycles. The van der Waals surface area contributed by atoms with Crippen LogP contribution in [-0.4, -0.2) is 35.9 Å². The van der Waals surface area contributed by atoms with Gasteiger partial charge in [-0.15, -0.1) is 22.6 Å². The number of ether oxygens (including phenoxy) is 2. The predicted molar refractivity (Wildman–Crippen MR) is 104 cm³/mol. The van der Waals surface area contributed by atoms with Crippen LogP contribution in [0.4, 0.5) is 0 Å². The van der Waals surface area contributed by atoms with E-state index in [2.05, 4.69) is 15.2 Å². The van der Waals surface area contributed by atoms with E-state index >= 15 is 0 Å². The zero-order chi connectivity index (χ0) is 17.6. The van der Waals surface area contributed by atoms with Crippen LogP contribution in [0.2, 0.25) is 0 Å². The molecule has 2 N–H and O–H groups in total. The number of aromatic nitrogens is 3. The number of nitrogens with zero attached hydrogens (tertiary/aromatic N) is 3. The normalized spacial score (nSPS) is 10.1. The topological polar surface area (TPSA) is 83.2 Å². The molecule has 0 atom stereocenters. The van der Waals surface area contributed by atoms with Gasteiger partial charge in [0.05, 0.1) is 14.2 Å². The summed E-state index contributed by atoms with van der Waals surface area (Å²) in [6.07, 6.45) is 0.582. The first-order valence-electron chi connectivity index (χ1n) is 7.97. The van der Waals surface area contributed by atoms with E-state index in [1.54, 1.807) is 14.2 Å². The molecule has 0 unspecified atom stereocenters. The molecule has 26 heavy (non-hydrogen) atoms. The van der Waals surface area contributed by atoms with Gasteiger partial charge in [0.1, 0.15) is 22.9 Å². The van der Waals surface area contributed by atoms with Gasteiger partial charge in [-0.25, -0.2) is 4.98 Å². The van der Waals surface area contributed by atoms with E-state index in [9.17, 15) is 0 Å². The second kappa shape index (κ2) is 9.12. The fourth-order valence-electron chi connectivity index (χ4n) is 2.49. The van der Waals surface area contributed by atoms with Crippen molar-refractivity contribution < 1.29 is 9.47 Å². The van der Waals surface area contributed by atoms with Gasteiger partial charge in [0.25, 0.3) is 0 Å². The molecular formula is C19H21ClN4O2. The van der Waals surface area contributed by atoms with Crippen molar-refractivity contribution in [1.82, 2.24) is 15.2 Å². The average molecular weight is 373 g/mol. The fraction of sp³-hybridized carbons (Fsp3) is 0.211. The van der Waals surface area contributed by atoms with Gasteiger partial charge in [0.15, 0.2) is 5.82 Å². The van der Waals surface area contributed by atoms with Gasteiger partial charge in [-0.3, -0.25) is 0 Å². The Morgan fingerprint density at radius 3 is 1.73 bits per heavy atom. The SMILES string of the molecule is COc1ccc(-c2nnc(CCN)nc2-c2ccc(OC)cc2)cc1.Cl. The number of methoxy groups -OCH3 is 2. The largest absolute Gasteiger partial charge is 0.497 e. The minimum absolute atomic E-state index is 0.